The molecule has 5 heteroatoms. The highest BCUT2D eigenvalue weighted by atomic mass is 16.5. The highest BCUT2D eigenvalue weighted by molar-refractivity contribution is 5.33. The van der Waals surface area contributed by atoms with Crippen LogP contribution in [0.5, 0.6) is 0 Å². The van der Waals surface area contributed by atoms with E-state index in [4.69, 9.17) is 9.47 Å². The van der Waals surface area contributed by atoms with Crippen LogP contribution < -0.4 is 5.32 Å². The summed E-state index contributed by atoms with van der Waals surface area (Å²) in [6.07, 6.45) is 4.12. The van der Waals surface area contributed by atoms with E-state index in [9.17, 15) is 0 Å². The Labute approximate surface area is 115 Å². The summed E-state index contributed by atoms with van der Waals surface area (Å²) in [4.78, 5) is 4.57. The van der Waals surface area contributed by atoms with Crippen molar-refractivity contribution in [2.45, 2.75) is 45.7 Å². The largest absolute Gasteiger partial charge is 0.382 e. The van der Waals surface area contributed by atoms with Gasteiger partial charge in [0.2, 0.25) is 5.95 Å². The molecule has 0 spiro atoms. The standard InChI is InChI=1S/C14H25N3O2/c1-4-18-8-5-7-17-10-12(2)15-13(17)16-14(3)6-9-19-11-14/h10H,4-9,11H2,1-3H3,(H,15,16). The maximum Gasteiger partial charge on any atom is 0.203 e. The molecule has 0 amide bonds. The fraction of sp³-hybridized carbons (Fsp3) is 0.786. The lowest BCUT2D eigenvalue weighted by Crippen LogP contribution is -2.36. The maximum absolute atomic E-state index is 5.47. The van der Waals surface area contributed by atoms with Gasteiger partial charge in [-0.2, -0.15) is 0 Å². The molecule has 0 bridgehead atoms. The molecule has 0 aliphatic carbocycles. The van der Waals surface area contributed by atoms with Crippen molar-refractivity contribution in [3.8, 4) is 0 Å². The molecule has 1 unspecified atom stereocenters. The molecule has 1 saturated heterocycles. The number of aryl methyl sites for hydroxylation is 2. The fourth-order valence-corrected chi connectivity index (χ4v) is 2.33. The van der Waals surface area contributed by atoms with E-state index in [2.05, 4.69) is 28.0 Å². The summed E-state index contributed by atoms with van der Waals surface area (Å²) in [5.74, 6) is 0.946. The molecule has 19 heavy (non-hydrogen) atoms. The van der Waals surface area contributed by atoms with E-state index >= 15 is 0 Å². The zero-order chi connectivity index (χ0) is 13.7. The number of rotatable bonds is 7. The molecule has 1 fully saturated rings. The van der Waals surface area contributed by atoms with Crippen LogP contribution in [0.1, 0.15) is 32.4 Å². The van der Waals surface area contributed by atoms with Gasteiger partial charge in [0.1, 0.15) is 0 Å². The third-order valence-electron chi connectivity index (χ3n) is 3.42. The van der Waals surface area contributed by atoms with E-state index < -0.39 is 0 Å². The number of imidazole rings is 1. The van der Waals surface area contributed by atoms with E-state index in [1.807, 2.05) is 13.8 Å². The minimum atomic E-state index is 0.00939. The number of hydrogen-bond donors (Lipinski definition) is 1. The molecule has 5 nitrogen and oxygen atoms in total. The van der Waals surface area contributed by atoms with Crippen LogP contribution in [0.4, 0.5) is 5.95 Å². The van der Waals surface area contributed by atoms with Crippen LogP contribution in [0.15, 0.2) is 6.20 Å². The van der Waals surface area contributed by atoms with Crippen molar-refractivity contribution >= 4 is 5.95 Å². The second-order valence-electron chi connectivity index (χ2n) is 5.44. The van der Waals surface area contributed by atoms with Crippen molar-refractivity contribution in [2.24, 2.45) is 0 Å². The van der Waals surface area contributed by atoms with Gasteiger partial charge in [-0.05, 0) is 33.6 Å². The third kappa shape index (κ3) is 3.94. The van der Waals surface area contributed by atoms with Gasteiger partial charge in [-0.25, -0.2) is 4.98 Å². The first kappa shape index (κ1) is 14.3. The molecule has 0 saturated carbocycles. The first-order valence-electron chi connectivity index (χ1n) is 7.10. The normalized spacial score (nSPS) is 22.9. The first-order chi connectivity index (χ1) is 9.13. The van der Waals surface area contributed by atoms with Crippen molar-refractivity contribution in [3.63, 3.8) is 0 Å². The van der Waals surface area contributed by atoms with Crippen LogP contribution in [0.25, 0.3) is 0 Å². The number of nitrogens with zero attached hydrogens (tertiary/aromatic N) is 2. The molecule has 0 radical (unpaired) electrons. The Morgan fingerprint density at radius 1 is 1.58 bits per heavy atom. The summed E-state index contributed by atoms with van der Waals surface area (Å²) < 4.78 is 13.0. The van der Waals surface area contributed by atoms with Gasteiger partial charge in [-0.15, -0.1) is 0 Å². The third-order valence-corrected chi connectivity index (χ3v) is 3.42. The summed E-state index contributed by atoms with van der Waals surface area (Å²) >= 11 is 0. The SMILES string of the molecule is CCOCCCn1cc(C)nc1NC1(C)CCOC1. The Bertz CT molecular complexity index is 397. The zero-order valence-electron chi connectivity index (χ0n) is 12.2. The number of hydrogen-bond acceptors (Lipinski definition) is 4. The van der Waals surface area contributed by atoms with Crippen molar-refractivity contribution < 1.29 is 9.47 Å². The van der Waals surface area contributed by atoms with E-state index in [0.717, 1.165) is 57.5 Å². The molecule has 2 rings (SSSR count). The van der Waals surface area contributed by atoms with E-state index in [1.165, 1.54) is 0 Å². The average Bonchev–Trinajstić information content (AvgIpc) is 2.92. The minimum Gasteiger partial charge on any atom is -0.382 e. The average molecular weight is 267 g/mol. The van der Waals surface area contributed by atoms with Crippen LogP contribution in [0.3, 0.4) is 0 Å². The minimum absolute atomic E-state index is 0.00939. The smallest absolute Gasteiger partial charge is 0.203 e. The lowest BCUT2D eigenvalue weighted by atomic mass is 10.0. The maximum atomic E-state index is 5.47. The zero-order valence-corrected chi connectivity index (χ0v) is 12.2. The molecule has 1 atom stereocenters. The van der Waals surface area contributed by atoms with E-state index in [0.29, 0.717) is 0 Å². The van der Waals surface area contributed by atoms with Crippen LogP contribution in [-0.2, 0) is 16.0 Å². The molecule has 1 aromatic rings. The van der Waals surface area contributed by atoms with Gasteiger partial charge in [0.15, 0.2) is 0 Å². The summed E-state index contributed by atoms with van der Waals surface area (Å²) in [7, 11) is 0. The van der Waals surface area contributed by atoms with Crippen LogP contribution >= 0.6 is 0 Å². The van der Waals surface area contributed by atoms with E-state index in [1.54, 1.807) is 0 Å². The molecule has 1 aromatic heterocycles. The van der Waals surface area contributed by atoms with Crippen molar-refractivity contribution in [1.29, 1.82) is 0 Å². The van der Waals surface area contributed by atoms with Gasteiger partial charge in [0, 0.05) is 32.6 Å². The summed E-state index contributed by atoms with van der Waals surface area (Å²) in [5, 5.41) is 3.53. The van der Waals surface area contributed by atoms with Crippen LogP contribution in [-0.4, -0.2) is 41.5 Å². The Morgan fingerprint density at radius 3 is 3.11 bits per heavy atom. The fourth-order valence-electron chi connectivity index (χ4n) is 2.33. The topological polar surface area (TPSA) is 48.3 Å². The Kier molecular flexibility index (Phi) is 4.82. The number of nitrogens with one attached hydrogen (secondary N) is 1. The highest BCUT2D eigenvalue weighted by Crippen LogP contribution is 2.23. The first-order valence-corrected chi connectivity index (χ1v) is 7.10. The molecule has 1 aliphatic heterocycles. The molecule has 1 N–H and O–H groups in total. The second kappa shape index (κ2) is 6.39. The molecule has 2 heterocycles. The summed E-state index contributed by atoms with van der Waals surface area (Å²) in [6, 6.07) is 0. The van der Waals surface area contributed by atoms with Gasteiger partial charge < -0.3 is 19.4 Å². The monoisotopic (exact) mass is 267 g/mol. The van der Waals surface area contributed by atoms with Crippen molar-refractivity contribution in [3.05, 3.63) is 11.9 Å². The van der Waals surface area contributed by atoms with E-state index in [-0.39, 0.29) is 5.54 Å². The Balaban J connectivity index is 1.95. The number of aromatic nitrogens is 2. The lowest BCUT2D eigenvalue weighted by molar-refractivity contribution is 0.141. The van der Waals surface area contributed by atoms with Gasteiger partial charge in [0.25, 0.3) is 0 Å². The predicted molar refractivity (Wildman–Crippen MR) is 75.5 cm³/mol. The van der Waals surface area contributed by atoms with Gasteiger partial charge in [-0.3, -0.25) is 0 Å². The molecule has 1 aliphatic rings. The Hall–Kier alpha value is -1.07. The number of ether oxygens (including phenoxy) is 2. The van der Waals surface area contributed by atoms with Crippen LogP contribution in [0.2, 0.25) is 0 Å². The molecular formula is C14H25N3O2. The van der Waals surface area contributed by atoms with Crippen LogP contribution in [0, 0.1) is 6.92 Å². The quantitative estimate of drug-likeness (QED) is 0.770. The summed E-state index contributed by atoms with van der Waals surface area (Å²) in [6.45, 7) is 10.3. The molecule has 108 valence electrons. The van der Waals surface area contributed by atoms with Gasteiger partial charge in [0.05, 0.1) is 17.8 Å². The summed E-state index contributed by atoms with van der Waals surface area (Å²) in [5.41, 5.74) is 1.05. The molecule has 0 aromatic carbocycles. The predicted octanol–water partition coefficient (Wildman–Crippen LogP) is 2.21. The molecular weight excluding hydrogens is 242 g/mol. The lowest BCUT2D eigenvalue weighted by Gasteiger charge is -2.24. The Morgan fingerprint density at radius 2 is 2.42 bits per heavy atom. The number of anilines is 1. The highest BCUT2D eigenvalue weighted by Gasteiger charge is 2.30. The second-order valence-corrected chi connectivity index (χ2v) is 5.44. The van der Waals surface area contributed by atoms with Crippen molar-refractivity contribution in [1.82, 2.24) is 9.55 Å². The van der Waals surface area contributed by atoms with Crippen molar-refractivity contribution in [2.75, 3.05) is 31.7 Å². The van der Waals surface area contributed by atoms with Gasteiger partial charge in [-0.1, -0.05) is 0 Å². The van der Waals surface area contributed by atoms with Gasteiger partial charge >= 0.3 is 0 Å².